The van der Waals surface area contributed by atoms with Crippen LogP contribution < -0.4 is 4.90 Å². The van der Waals surface area contributed by atoms with E-state index >= 15 is 0 Å². The highest BCUT2D eigenvalue weighted by Crippen LogP contribution is 2.46. The molecule has 0 amide bonds. The minimum atomic E-state index is 0.774. The molecule has 5 nitrogen and oxygen atoms in total. The van der Waals surface area contributed by atoms with Crippen LogP contribution in [0.2, 0.25) is 0 Å². The Kier molecular flexibility index (Phi) is 10.3. The zero-order chi connectivity index (χ0) is 46.6. The van der Waals surface area contributed by atoms with Crippen LogP contribution in [-0.2, 0) is 0 Å². The van der Waals surface area contributed by atoms with E-state index in [1.807, 2.05) is 12.4 Å². The average molecular weight is 890 g/mol. The number of aromatic nitrogens is 2. The highest BCUT2D eigenvalue weighted by molar-refractivity contribution is 6.01. The smallest absolute Gasteiger partial charge is 0.135 e. The van der Waals surface area contributed by atoms with Gasteiger partial charge in [0.2, 0.25) is 0 Å². The van der Waals surface area contributed by atoms with Crippen molar-refractivity contribution in [1.82, 2.24) is 9.97 Å². The lowest BCUT2D eigenvalue weighted by Gasteiger charge is -2.29. The number of rotatable bonds is 9. The van der Waals surface area contributed by atoms with Crippen LogP contribution in [0.25, 0.3) is 100 Å². The number of fused-ring (bicyclic) bond motifs is 3. The van der Waals surface area contributed by atoms with Gasteiger partial charge in [-0.2, -0.15) is 0 Å². The van der Waals surface area contributed by atoms with Gasteiger partial charge in [-0.05, 0) is 156 Å². The molecule has 0 aliphatic heterocycles. The fourth-order valence-corrected chi connectivity index (χ4v) is 9.67. The average Bonchev–Trinajstić information content (AvgIpc) is 4.02. The summed E-state index contributed by atoms with van der Waals surface area (Å²) in [5.41, 5.74) is 19.1. The molecular formula is C64H47N3O2. The zero-order valence-corrected chi connectivity index (χ0v) is 38.9. The molecular weight excluding hydrogens is 843 g/mol. The first-order valence-corrected chi connectivity index (χ1v) is 23.4. The fourth-order valence-electron chi connectivity index (χ4n) is 9.67. The van der Waals surface area contributed by atoms with E-state index in [0.717, 1.165) is 139 Å². The molecule has 0 aliphatic carbocycles. The second kappa shape index (κ2) is 17.1. The Morgan fingerprint density at radius 2 is 0.826 bits per heavy atom. The van der Waals surface area contributed by atoms with Crippen molar-refractivity contribution in [2.24, 2.45) is 0 Å². The largest absolute Gasteiger partial charge is 0.456 e. The number of pyridine rings is 2. The summed E-state index contributed by atoms with van der Waals surface area (Å²) in [5.74, 6) is 1.55. The molecule has 4 heterocycles. The maximum absolute atomic E-state index is 6.74. The maximum atomic E-state index is 6.74. The highest BCUT2D eigenvalue weighted by Gasteiger charge is 2.23. The Morgan fingerprint density at radius 3 is 1.35 bits per heavy atom. The molecule has 0 saturated heterocycles. The third kappa shape index (κ3) is 7.94. The molecule has 0 saturated carbocycles. The minimum Gasteiger partial charge on any atom is -0.456 e. The molecule has 0 N–H and O–H groups in total. The van der Waals surface area contributed by atoms with Crippen LogP contribution in [0, 0.1) is 27.7 Å². The van der Waals surface area contributed by atoms with Crippen molar-refractivity contribution < 1.29 is 8.83 Å². The molecule has 330 valence electrons. The lowest BCUT2D eigenvalue weighted by Crippen LogP contribution is -2.11. The number of anilines is 3. The number of nitrogens with zero attached hydrogens (tertiary/aromatic N) is 3. The summed E-state index contributed by atoms with van der Waals surface area (Å²) >= 11 is 0. The number of hydrogen-bond acceptors (Lipinski definition) is 5. The van der Waals surface area contributed by atoms with E-state index in [-0.39, 0.29) is 0 Å². The van der Waals surface area contributed by atoms with Crippen LogP contribution in [0.1, 0.15) is 22.3 Å². The fraction of sp³-hybridized carbons (Fsp3) is 0.0625. The maximum Gasteiger partial charge on any atom is 0.135 e. The summed E-state index contributed by atoms with van der Waals surface area (Å²) in [6.45, 7) is 8.44. The Balaban J connectivity index is 1.14. The van der Waals surface area contributed by atoms with Gasteiger partial charge in [0.25, 0.3) is 0 Å². The molecule has 5 heteroatoms. The Hall–Kier alpha value is -8.80. The number of aryl methyl sites for hydroxylation is 4. The Labute approximate surface area is 401 Å². The van der Waals surface area contributed by atoms with Crippen molar-refractivity contribution in [3.05, 3.63) is 235 Å². The molecule has 0 fully saturated rings. The Morgan fingerprint density at radius 1 is 0.362 bits per heavy atom. The van der Waals surface area contributed by atoms with Crippen molar-refractivity contribution >= 4 is 49.8 Å². The summed E-state index contributed by atoms with van der Waals surface area (Å²) in [6, 6.07) is 71.1. The van der Waals surface area contributed by atoms with Crippen molar-refractivity contribution in [2.75, 3.05) is 4.90 Å². The molecule has 8 aromatic carbocycles. The van der Waals surface area contributed by atoms with E-state index in [1.165, 1.54) is 0 Å². The lowest BCUT2D eigenvalue weighted by molar-refractivity contribution is 0.631. The molecule has 12 rings (SSSR count). The van der Waals surface area contributed by atoms with Crippen LogP contribution in [0.15, 0.2) is 221 Å². The minimum absolute atomic E-state index is 0.774. The normalized spacial score (nSPS) is 11.5. The zero-order valence-electron chi connectivity index (χ0n) is 38.9. The quantitative estimate of drug-likeness (QED) is 0.144. The van der Waals surface area contributed by atoms with Crippen LogP contribution in [0.5, 0.6) is 0 Å². The van der Waals surface area contributed by atoms with Gasteiger partial charge >= 0.3 is 0 Å². The van der Waals surface area contributed by atoms with Crippen LogP contribution in [0.3, 0.4) is 0 Å². The van der Waals surface area contributed by atoms with Crippen LogP contribution in [0.4, 0.5) is 17.1 Å². The summed E-state index contributed by atoms with van der Waals surface area (Å²) in [4.78, 5) is 12.6. The summed E-state index contributed by atoms with van der Waals surface area (Å²) in [6.07, 6.45) is 3.97. The first-order chi connectivity index (χ1) is 33.8. The van der Waals surface area contributed by atoms with Gasteiger partial charge in [0.15, 0.2) is 0 Å². The number of benzene rings is 8. The van der Waals surface area contributed by atoms with Crippen molar-refractivity contribution in [3.8, 4) is 67.4 Å². The van der Waals surface area contributed by atoms with E-state index in [2.05, 4.69) is 233 Å². The van der Waals surface area contributed by atoms with Crippen molar-refractivity contribution in [3.63, 3.8) is 0 Å². The van der Waals surface area contributed by atoms with E-state index in [1.54, 1.807) is 0 Å². The van der Waals surface area contributed by atoms with Gasteiger partial charge in [-0.15, -0.1) is 0 Å². The number of hydrogen-bond donors (Lipinski definition) is 0. The third-order valence-corrected chi connectivity index (χ3v) is 13.2. The van der Waals surface area contributed by atoms with Gasteiger partial charge < -0.3 is 13.7 Å². The predicted octanol–water partition coefficient (Wildman–Crippen LogP) is 17.8. The SMILES string of the molecule is Cc1ccc2cc(-c3cc(-c4cc(-c5ccccc5)c(C)cn4)cc(N(c4cc(-c5cc(-c6ccccc6)c(C)cn5)cc(-c5cc6ccc(C)cc6o5)c4)c4cccc5ccccc45)c3)oc2c1. The van der Waals surface area contributed by atoms with Gasteiger partial charge in [-0.3, -0.25) is 9.97 Å². The third-order valence-electron chi connectivity index (χ3n) is 13.2. The monoisotopic (exact) mass is 889 g/mol. The first-order valence-electron chi connectivity index (χ1n) is 23.4. The topological polar surface area (TPSA) is 55.3 Å². The van der Waals surface area contributed by atoms with Gasteiger partial charge in [0.1, 0.15) is 22.7 Å². The molecule has 4 aromatic heterocycles. The van der Waals surface area contributed by atoms with E-state index in [4.69, 9.17) is 18.8 Å². The van der Waals surface area contributed by atoms with Crippen molar-refractivity contribution in [2.45, 2.75) is 27.7 Å². The molecule has 0 unspecified atom stereocenters. The summed E-state index contributed by atoms with van der Waals surface area (Å²) in [5, 5.41) is 4.34. The molecule has 69 heavy (non-hydrogen) atoms. The molecule has 0 bridgehead atoms. The van der Waals surface area contributed by atoms with Crippen LogP contribution in [-0.4, -0.2) is 9.97 Å². The standard InChI is InChI=1S/C64H47N3O2/c1-40-22-24-47-34-63(68-61(47)26-40)51-28-49(58-36-56(42(3)38-65-58)45-14-7-5-8-15-45)30-53(32-51)67(60-21-13-19-44-18-11-12-20-55(44)60)54-31-50(59-37-57(43(4)39-66-59)46-16-9-6-10-17-46)29-52(33-54)64-35-48-25-23-41(2)27-62(48)69-64/h5-39H,1-4H3. The molecule has 0 radical (unpaired) electrons. The van der Waals surface area contributed by atoms with Gasteiger partial charge in [-0.25, -0.2) is 0 Å². The number of furan rings is 2. The van der Waals surface area contributed by atoms with E-state index in [9.17, 15) is 0 Å². The van der Waals surface area contributed by atoms with Crippen LogP contribution >= 0.6 is 0 Å². The highest BCUT2D eigenvalue weighted by atomic mass is 16.3. The predicted molar refractivity (Wildman–Crippen MR) is 285 cm³/mol. The van der Waals surface area contributed by atoms with Crippen molar-refractivity contribution in [1.29, 1.82) is 0 Å². The molecule has 0 aliphatic rings. The van der Waals surface area contributed by atoms with Gasteiger partial charge in [0.05, 0.1) is 17.1 Å². The lowest BCUT2D eigenvalue weighted by atomic mass is 9.96. The van der Waals surface area contributed by atoms with E-state index in [0.29, 0.717) is 0 Å². The van der Waals surface area contributed by atoms with E-state index < -0.39 is 0 Å². The molecule has 0 spiro atoms. The first kappa shape index (κ1) is 41.6. The summed E-state index contributed by atoms with van der Waals surface area (Å²) < 4.78 is 13.5. The van der Waals surface area contributed by atoms with Gasteiger partial charge in [0, 0.05) is 62.2 Å². The Bertz CT molecular complexity index is 3680. The molecule has 12 aromatic rings. The second-order valence-electron chi connectivity index (χ2n) is 18.2. The van der Waals surface area contributed by atoms with Gasteiger partial charge in [-0.1, -0.05) is 121 Å². The summed E-state index contributed by atoms with van der Waals surface area (Å²) in [7, 11) is 0. The molecule has 0 atom stereocenters. The second-order valence-corrected chi connectivity index (χ2v) is 18.2.